The van der Waals surface area contributed by atoms with Gasteiger partial charge in [0.2, 0.25) is 0 Å². The zero-order valence-electron chi connectivity index (χ0n) is 44.7. The van der Waals surface area contributed by atoms with Crippen LogP contribution in [0.3, 0.4) is 0 Å². The molecule has 1 aliphatic rings. The SMILES string of the molecule is CC(C)(C)c1cc(Oc2[c-]c3c(cc2)c2ccccc2n3-c2cc(C(C)(C)C)ccn2)[c-]c(N2[CH-]N(CCCc3ccc(C(C)(C)C)cc3-c3cc(-c4ccccc4)cc(C(C)(C)C)c3)c3ccccc32)c1.[Pt]. The van der Waals surface area contributed by atoms with E-state index in [2.05, 4.69) is 262 Å². The second-order valence-electron chi connectivity index (χ2n) is 23.9. The first kappa shape index (κ1) is 51.5. The Morgan fingerprint density at radius 1 is 0.521 bits per heavy atom. The van der Waals surface area contributed by atoms with Gasteiger partial charge in [0.25, 0.3) is 0 Å². The van der Waals surface area contributed by atoms with Gasteiger partial charge >= 0.3 is 0 Å². The molecule has 0 saturated heterocycles. The summed E-state index contributed by atoms with van der Waals surface area (Å²) in [5.74, 6) is 2.13. The number of fused-ring (bicyclic) bond motifs is 4. The van der Waals surface area contributed by atoms with Crippen LogP contribution in [-0.4, -0.2) is 16.1 Å². The molecule has 0 atom stereocenters. The Bertz CT molecular complexity index is 3450. The van der Waals surface area contributed by atoms with Crippen molar-refractivity contribution in [1.82, 2.24) is 9.55 Å². The Labute approximate surface area is 449 Å². The van der Waals surface area contributed by atoms with Gasteiger partial charge in [-0.05, 0) is 127 Å². The first-order valence-corrected chi connectivity index (χ1v) is 25.7. The summed E-state index contributed by atoms with van der Waals surface area (Å²) in [6.45, 7) is 30.5. The number of anilines is 3. The molecule has 0 radical (unpaired) electrons. The van der Waals surface area contributed by atoms with E-state index in [1.807, 2.05) is 12.3 Å². The topological polar surface area (TPSA) is 33.5 Å². The number of hydrogen-bond acceptors (Lipinski definition) is 4. The molecule has 5 nitrogen and oxygen atoms in total. The number of aryl methyl sites for hydroxylation is 1. The van der Waals surface area contributed by atoms with Crippen molar-refractivity contribution in [1.29, 1.82) is 0 Å². The van der Waals surface area contributed by atoms with Crippen molar-refractivity contribution < 1.29 is 25.8 Å². The van der Waals surface area contributed by atoms with Crippen LogP contribution in [0.2, 0.25) is 0 Å². The fourth-order valence-corrected chi connectivity index (χ4v) is 9.97. The van der Waals surface area contributed by atoms with Crippen LogP contribution >= 0.6 is 0 Å². The maximum Gasteiger partial charge on any atom is 0.135 e. The molecule has 0 unspecified atom stereocenters. The number of nitrogens with zero attached hydrogens (tertiary/aromatic N) is 4. The summed E-state index contributed by atoms with van der Waals surface area (Å²) in [5.41, 5.74) is 16.6. The Balaban J connectivity index is 0.00000656. The van der Waals surface area contributed by atoms with E-state index in [4.69, 9.17) is 9.72 Å². The van der Waals surface area contributed by atoms with Crippen molar-refractivity contribution in [2.45, 2.75) is 118 Å². The van der Waals surface area contributed by atoms with Gasteiger partial charge in [-0.2, -0.15) is 12.7 Å². The molecule has 9 aromatic rings. The molecule has 376 valence electrons. The molecule has 0 amide bonds. The van der Waals surface area contributed by atoms with Crippen LogP contribution in [-0.2, 0) is 49.1 Å². The summed E-state index contributed by atoms with van der Waals surface area (Å²) in [5, 5.41) is 2.25. The van der Waals surface area contributed by atoms with Crippen molar-refractivity contribution in [3.05, 3.63) is 204 Å². The Kier molecular flexibility index (Phi) is 14.0. The molecule has 7 aromatic carbocycles. The van der Waals surface area contributed by atoms with E-state index in [0.29, 0.717) is 11.5 Å². The summed E-state index contributed by atoms with van der Waals surface area (Å²) >= 11 is 0. The summed E-state index contributed by atoms with van der Waals surface area (Å²) in [6, 6.07) is 62.7. The molecular weight excluding hydrogens is 1070 g/mol. The fraction of sp³-hybridized carbons (Fsp3) is 0.284. The number of aromatic nitrogens is 2. The first-order valence-electron chi connectivity index (χ1n) is 25.7. The van der Waals surface area contributed by atoms with Crippen LogP contribution in [0.5, 0.6) is 11.5 Å². The second kappa shape index (κ2) is 19.8. The van der Waals surface area contributed by atoms with Crippen LogP contribution in [0.25, 0.3) is 49.9 Å². The minimum Gasteiger partial charge on any atom is -0.509 e. The van der Waals surface area contributed by atoms with E-state index in [0.717, 1.165) is 63.9 Å². The molecule has 0 fully saturated rings. The van der Waals surface area contributed by atoms with Crippen molar-refractivity contribution in [2.24, 2.45) is 0 Å². The largest absolute Gasteiger partial charge is 0.509 e. The fourth-order valence-electron chi connectivity index (χ4n) is 9.97. The number of hydrogen-bond donors (Lipinski definition) is 0. The number of ether oxygens (including phenoxy) is 1. The summed E-state index contributed by atoms with van der Waals surface area (Å²) < 4.78 is 9.07. The third-order valence-electron chi connectivity index (χ3n) is 14.3. The molecule has 6 heteroatoms. The van der Waals surface area contributed by atoms with Gasteiger partial charge in [0, 0.05) is 55.7 Å². The molecule has 0 aliphatic carbocycles. The first-order chi connectivity index (χ1) is 34.2. The van der Waals surface area contributed by atoms with Gasteiger partial charge in [-0.1, -0.05) is 180 Å². The minimum atomic E-state index is -0.154. The molecule has 1 aliphatic heterocycles. The van der Waals surface area contributed by atoms with Gasteiger partial charge in [-0.25, -0.2) is 4.98 Å². The predicted molar refractivity (Wildman–Crippen MR) is 303 cm³/mol. The maximum absolute atomic E-state index is 6.85. The molecule has 73 heavy (non-hydrogen) atoms. The third kappa shape index (κ3) is 10.7. The van der Waals surface area contributed by atoms with Gasteiger partial charge in [0.15, 0.2) is 0 Å². The second-order valence-corrected chi connectivity index (χ2v) is 23.9. The quantitative estimate of drug-likeness (QED) is 0.128. The summed E-state index contributed by atoms with van der Waals surface area (Å²) in [6.07, 6.45) is 3.82. The Morgan fingerprint density at radius 2 is 1.16 bits per heavy atom. The monoisotopic (exact) mass is 1140 g/mol. The number of para-hydroxylation sites is 3. The molecule has 0 saturated carbocycles. The van der Waals surface area contributed by atoms with Crippen LogP contribution in [0.4, 0.5) is 17.1 Å². The average molecular weight is 1140 g/mol. The molecule has 2 aromatic heterocycles. The van der Waals surface area contributed by atoms with E-state index in [-0.39, 0.29) is 42.7 Å². The predicted octanol–water partition coefficient (Wildman–Crippen LogP) is 17.8. The zero-order valence-corrected chi connectivity index (χ0v) is 47.0. The van der Waals surface area contributed by atoms with E-state index in [9.17, 15) is 0 Å². The Morgan fingerprint density at radius 3 is 1.89 bits per heavy atom. The van der Waals surface area contributed by atoms with Gasteiger partial charge in [0.05, 0.1) is 0 Å². The van der Waals surface area contributed by atoms with Gasteiger partial charge in [-0.3, -0.25) is 0 Å². The minimum absolute atomic E-state index is 0. The number of rotatable bonds is 10. The van der Waals surface area contributed by atoms with Crippen molar-refractivity contribution in [3.63, 3.8) is 0 Å². The molecule has 0 bridgehead atoms. The summed E-state index contributed by atoms with van der Waals surface area (Å²) in [4.78, 5) is 9.59. The van der Waals surface area contributed by atoms with E-state index >= 15 is 0 Å². The van der Waals surface area contributed by atoms with E-state index in [1.165, 1.54) is 50.2 Å². The van der Waals surface area contributed by atoms with Crippen molar-refractivity contribution in [2.75, 3.05) is 16.3 Å². The van der Waals surface area contributed by atoms with Crippen LogP contribution in [0.15, 0.2) is 158 Å². The summed E-state index contributed by atoms with van der Waals surface area (Å²) in [7, 11) is 0. The zero-order chi connectivity index (χ0) is 50.7. The van der Waals surface area contributed by atoms with Crippen molar-refractivity contribution in [3.8, 4) is 39.6 Å². The van der Waals surface area contributed by atoms with Crippen LogP contribution in [0.1, 0.15) is 117 Å². The molecule has 0 spiro atoms. The van der Waals surface area contributed by atoms with E-state index < -0.39 is 0 Å². The van der Waals surface area contributed by atoms with Crippen LogP contribution < -0.4 is 14.5 Å². The number of benzene rings is 7. The van der Waals surface area contributed by atoms with E-state index in [1.54, 1.807) is 0 Å². The molecule has 3 heterocycles. The Hall–Kier alpha value is -6.42. The van der Waals surface area contributed by atoms with Crippen LogP contribution in [0, 0.1) is 18.8 Å². The smallest absolute Gasteiger partial charge is 0.135 e. The standard InChI is InChI=1S/C67H69N4O.Pt/c1-64(2,3)49-29-28-46(58(40-49)48-35-47(45-21-14-13-15-22-45)36-51(37-48)66(7,8)9)23-20-34-69-44-70(61-27-19-18-26-60(61)69)53-38-52(67(10,11)12)39-55(42-53)72-54-30-31-57-56-24-16-17-25-59(56)71(62(57)43-54)63-41-50(32-33-68-63)65(4,5)6;/h13-19,21-22,24-33,35-41,44H,20,23,34H2,1-12H3;/q-3;. The van der Waals surface area contributed by atoms with Gasteiger partial charge in [-0.15, -0.1) is 47.0 Å². The van der Waals surface area contributed by atoms with Gasteiger partial charge in [0.1, 0.15) is 5.82 Å². The van der Waals surface area contributed by atoms with Gasteiger partial charge < -0.3 is 19.1 Å². The molecule has 10 rings (SSSR count). The molecular formula is C67H69N4OPt-3. The van der Waals surface area contributed by atoms with Crippen molar-refractivity contribution >= 4 is 38.9 Å². The normalized spacial score (nSPS) is 13.2. The molecule has 0 N–H and O–H groups in total. The third-order valence-corrected chi connectivity index (χ3v) is 14.3. The average Bonchev–Trinajstić information content (AvgIpc) is 3.88. The maximum atomic E-state index is 6.85. The number of pyridine rings is 1.